The van der Waals surface area contributed by atoms with E-state index in [9.17, 15) is 0 Å². The molecule has 2 aromatic heterocycles. The molecule has 0 amide bonds. The topological polar surface area (TPSA) is 110 Å². The Balaban J connectivity index is 0.00000455. The monoisotopic (exact) mass is 768 g/mol. The number of aryl methyl sites for hydroxylation is 4. The average molecular weight is 769 g/mol. The fourth-order valence-electron chi connectivity index (χ4n) is 7.82. The molecule has 8 nitrogen and oxygen atoms in total. The van der Waals surface area contributed by atoms with Gasteiger partial charge in [0.2, 0.25) is 33.4 Å². The molecule has 0 spiro atoms. The first-order chi connectivity index (χ1) is 27.2. The summed E-state index contributed by atoms with van der Waals surface area (Å²) in [5.74, 6) is 0. The number of hydrogen-bond donors (Lipinski definition) is 4. The minimum Gasteiger partial charge on any atom is -0.398 e. The van der Waals surface area contributed by atoms with Crippen molar-refractivity contribution < 1.29 is 9.13 Å². The van der Waals surface area contributed by atoms with Crippen LogP contribution in [0.25, 0.3) is 55.5 Å². The lowest BCUT2D eigenvalue weighted by Crippen LogP contribution is -2.34. The van der Waals surface area contributed by atoms with E-state index in [-0.39, 0.29) is 12.4 Å². The Kier molecular flexibility index (Phi) is 9.81. The average Bonchev–Trinajstić information content (AvgIpc) is 3.20. The summed E-state index contributed by atoms with van der Waals surface area (Å²) < 4.78 is 4.55. The summed E-state index contributed by atoms with van der Waals surface area (Å²) in [7, 11) is 0. The smallest absolute Gasteiger partial charge is 0.242 e. The van der Waals surface area contributed by atoms with Gasteiger partial charge in [-0.25, -0.2) is 9.97 Å². The molecule has 9 aromatic rings. The number of halogens is 1. The second-order valence-corrected chi connectivity index (χ2v) is 14.7. The number of nitrogens with one attached hydrogen (secondary N) is 2. The zero-order chi connectivity index (χ0) is 38.5. The maximum absolute atomic E-state index is 6.46. The van der Waals surface area contributed by atoms with Crippen LogP contribution in [0.4, 0.5) is 22.7 Å². The van der Waals surface area contributed by atoms with Gasteiger partial charge >= 0.3 is 0 Å². The van der Waals surface area contributed by atoms with E-state index in [1.54, 1.807) is 0 Å². The number of fused-ring (bicyclic) bond motifs is 4. The van der Waals surface area contributed by atoms with Crippen LogP contribution in [0.2, 0.25) is 0 Å². The highest BCUT2D eigenvalue weighted by molar-refractivity contribution is 5.90. The molecule has 2 heterocycles. The molecule has 0 aliphatic carbocycles. The maximum Gasteiger partial charge on any atom is 0.242 e. The van der Waals surface area contributed by atoms with Crippen molar-refractivity contribution in [3.8, 4) is 11.4 Å². The predicted octanol–water partition coefficient (Wildman–Crippen LogP) is 9.69. The Labute approximate surface area is 338 Å². The Bertz CT molecular complexity index is 2940. The summed E-state index contributed by atoms with van der Waals surface area (Å²) >= 11 is 0. The van der Waals surface area contributed by atoms with Gasteiger partial charge in [0.05, 0.1) is 0 Å². The molecule has 0 unspecified atom stereocenters. The largest absolute Gasteiger partial charge is 0.398 e. The van der Waals surface area contributed by atoms with Crippen LogP contribution in [0.5, 0.6) is 0 Å². The Morgan fingerprint density at radius 3 is 1.51 bits per heavy atom. The Morgan fingerprint density at radius 1 is 0.474 bits per heavy atom. The van der Waals surface area contributed by atoms with E-state index in [4.69, 9.17) is 21.4 Å². The molecule has 0 saturated heterocycles. The van der Waals surface area contributed by atoms with Crippen molar-refractivity contribution >= 4 is 79.3 Å². The van der Waals surface area contributed by atoms with E-state index < -0.39 is 0 Å². The van der Waals surface area contributed by atoms with E-state index in [2.05, 4.69) is 143 Å². The molecular weight excluding hydrogens is 724 g/mol. The number of anilines is 4. The van der Waals surface area contributed by atoms with E-state index in [0.717, 1.165) is 101 Å². The number of para-hydroxylation sites is 2. The molecule has 282 valence electrons. The number of nitrogens with two attached hydrogens (primary N) is 2. The molecule has 9 heteroatoms. The lowest BCUT2D eigenvalue weighted by Gasteiger charge is -2.16. The SMILES string of the molecule is Cc1cc2nc3cc(C)c(NCc4ccccc4CNc4ccc5nc6cc(C)c(N)cc6[n+](-c6ccccc6)c5c4C)cc3[n+](-c3ccccc3)c2cc1N.Cl. The second kappa shape index (κ2) is 15.0. The number of benzene rings is 7. The van der Waals surface area contributed by atoms with Gasteiger partial charge in [-0.05, 0) is 85.8 Å². The van der Waals surface area contributed by atoms with E-state index >= 15 is 0 Å². The first-order valence-corrected chi connectivity index (χ1v) is 19.0. The second-order valence-electron chi connectivity index (χ2n) is 14.7. The molecule has 57 heavy (non-hydrogen) atoms. The summed E-state index contributed by atoms with van der Waals surface area (Å²) in [6.45, 7) is 9.67. The molecule has 7 aromatic carbocycles. The van der Waals surface area contributed by atoms with Gasteiger partial charge in [0.1, 0.15) is 22.1 Å². The summed E-state index contributed by atoms with van der Waals surface area (Å²) in [6, 6.07) is 46.3. The number of aromatic nitrogens is 4. The van der Waals surface area contributed by atoms with E-state index in [1.165, 1.54) is 11.1 Å². The van der Waals surface area contributed by atoms with Gasteiger partial charge in [0, 0.05) is 83.9 Å². The van der Waals surface area contributed by atoms with Crippen LogP contribution in [-0.2, 0) is 13.1 Å². The van der Waals surface area contributed by atoms with Crippen molar-refractivity contribution in [2.45, 2.75) is 40.8 Å². The zero-order valence-corrected chi connectivity index (χ0v) is 33.3. The lowest BCUT2D eigenvalue weighted by atomic mass is 10.1. The fourth-order valence-corrected chi connectivity index (χ4v) is 7.82. The van der Waals surface area contributed by atoms with E-state index in [0.29, 0.717) is 13.1 Å². The lowest BCUT2D eigenvalue weighted by molar-refractivity contribution is -0.538. The Morgan fingerprint density at radius 2 is 0.930 bits per heavy atom. The highest BCUT2D eigenvalue weighted by atomic mass is 35.5. The van der Waals surface area contributed by atoms with Gasteiger partial charge in [-0.1, -0.05) is 60.7 Å². The minimum absolute atomic E-state index is 0. The van der Waals surface area contributed by atoms with Crippen molar-refractivity contribution in [2.24, 2.45) is 0 Å². The summed E-state index contributed by atoms with van der Waals surface area (Å²) in [5, 5.41) is 7.56. The Hall–Kier alpha value is -6.77. The van der Waals surface area contributed by atoms with Crippen LogP contribution in [-0.4, -0.2) is 9.97 Å². The van der Waals surface area contributed by atoms with Crippen molar-refractivity contribution in [2.75, 3.05) is 22.1 Å². The van der Waals surface area contributed by atoms with E-state index in [1.807, 2.05) is 38.1 Å². The van der Waals surface area contributed by atoms with Crippen LogP contribution in [0.3, 0.4) is 0 Å². The molecule has 0 bridgehead atoms. The van der Waals surface area contributed by atoms with Crippen LogP contribution >= 0.6 is 12.4 Å². The highest BCUT2D eigenvalue weighted by Gasteiger charge is 2.25. The predicted molar refractivity (Wildman–Crippen MR) is 238 cm³/mol. The van der Waals surface area contributed by atoms with Gasteiger partial charge in [0.25, 0.3) is 0 Å². The number of hydrogen-bond acceptors (Lipinski definition) is 6. The summed E-state index contributed by atoms with van der Waals surface area (Å²) in [4.78, 5) is 10.2. The third-order valence-corrected chi connectivity index (χ3v) is 11.0. The maximum atomic E-state index is 6.46. The van der Waals surface area contributed by atoms with Crippen LogP contribution < -0.4 is 31.2 Å². The van der Waals surface area contributed by atoms with Gasteiger partial charge in [0.15, 0.2) is 0 Å². The minimum atomic E-state index is 0. The highest BCUT2D eigenvalue weighted by Crippen LogP contribution is 2.30. The molecule has 0 fully saturated rings. The quantitative estimate of drug-likeness (QED) is 0.0697. The first kappa shape index (κ1) is 37.2. The van der Waals surface area contributed by atoms with Gasteiger partial charge < -0.3 is 22.1 Å². The number of nitrogens with zero attached hydrogens (tertiary/aromatic N) is 4. The molecule has 0 saturated carbocycles. The van der Waals surface area contributed by atoms with Crippen molar-refractivity contribution in [3.63, 3.8) is 0 Å². The molecule has 0 atom stereocenters. The van der Waals surface area contributed by atoms with Crippen molar-refractivity contribution in [1.82, 2.24) is 9.97 Å². The molecule has 6 N–H and O–H groups in total. The molecule has 0 aliphatic heterocycles. The molecule has 9 rings (SSSR count). The summed E-state index contributed by atoms with van der Waals surface area (Å²) in [5.41, 5.74) is 33.0. The van der Waals surface area contributed by atoms with Crippen LogP contribution in [0.15, 0.2) is 133 Å². The van der Waals surface area contributed by atoms with Gasteiger partial charge in [-0.2, -0.15) is 0 Å². The number of nitrogen functional groups attached to an aromatic ring is 2. The molecule has 0 aliphatic rings. The van der Waals surface area contributed by atoms with Crippen molar-refractivity contribution in [3.05, 3.63) is 167 Å². The van der Waals surface area contributed by atoms with Gasteiger partial charge in [-0.3, -0.25) is 0 Å². The third-order valence-electron chi connectivity index (χ3n) is 11.0. The van der Waals surface area contributed by atoms with Crippen LogP contribution in [0.1, 0.15) is 33.4 Å². The number of rotatable bonds is 8. The third kappa shape index (κ3) is 6.78. The molecular formula is C48H45ClN8+2. The normalized spacial score (nSPS) is 11.3. The zero-order valence-electron chi connectivity index (χ0n) is 32.5. The summed E-state index contributed by atoms with van der Waals surface area (Å²) in [6.07, 6.45) is 0. The fraction of sp³-hybridized carbons (Fsp3) is 0.125. The van der Waals surface area contributed by atoms with Gasteiger partial charge in [-0.15, -0.1) is 21.5 Å². The first-order valence-electron chi connectivity index (χ1n) is 19.0. The van der Waals surface area contributed by atoms with Crippen LogP contribution in [0, 0.1) is 27.7 Å². The standard InChI is InChI=1S/C48H42N8.ClH/c1-29-21-42-45(24-37(29)49)55(35-15-7-5-8-16-35)47-26-41(31(3)23-44(47)54-42)52-28-34-14-12-11-13-33(34)27-51-39-19-20-40-48(32(39)4)56(36-17-9-6-10-18-36)46-25-38(50)30(2)22-43(46)53-40;/h5-26H,27-28H2,1-4H3,(H4,49,50,51,52);1H/p+2. The molecule has 0 radical (unpaired) electrons. The van der Waals surface area contributed by atoms with Crippen molar-refractivity contribution in [1.29, 1.82) is 0 Å².